The number of fused-ring (bicyclic) bond motifs is 4. The Morgan fingerprint density at radius 3 is 0.987 bits per heavy atom. The van der Waals surface area contributed by atoms with Gasteiger partial charge in [-0.3, -0.25) is 64.3 Å². The fourth-order valence-electron chi connectivity index (χ4n) is 15.7. The first-order valence-electron chi connectivity index (χ1n) is 46.8. The minimum Gasteiger partial charge on any atom is -0.439 e. The van der Waals surface area contributed by atoms with Crippen LogP contribution in [-0.2, 0) is 16.1 Å². The fourth-order valence-corrected chi connectivity index (χ4v) is 15.7. The number of carbonyl (C=O) groups excluding carboxylic acids is 6. The molecule has 7 amide bonds. The van der Waals surface area contributed by atoms with Crippen molar-refractivity contribution in [3.05, 3.63) is 369 Å². The highest BCUT2D eigenvalue weighted by Gasteiger charge is 2.30. The average molecular weight is 2010 g/mol. The number of aromatic nitrogens is 16. The molecule has 748 valence electrons. The molecule has 0 spiro atoms. The summed E-state index contributed by atoms with van der Waals surface area (Å²) in [6.45, 7) is 3.82. The molecule has 10 N–H and O–H groups in total. The van der Waals surface area contributed by atoms with Gasteiger partial charge in [-0.1, -0.05) is 48.5 Å². The van der Waals surface area contributed by atoms with Crippen molar-refractivity contribution in [2.75, 3.05) is 91.3 Å². The van der Waals surface area contributed by atoms with E-state index in [1.807, 2.05) is 112 Å². The molecule has 2 fully saturated rings. The number of anilines is 7. The summed E-state index contributed by atoms with van der Waals surface area (Å²) in [6.07, 6.45) is 21.5. The van der Waals surface area contributed by atoms with Gasteiger partial charge in [0.1, 0.15) is 46.3 Å². The van der Waals surface area contributed by atoms with Gasteiger partial charge in [-0.25, -0.2) is 42.3 Å². The third-order valence-corrected chi connectivity index (χ3v) is 23.2. The molecule has 0 atom stereocenters. The van der Waals surface area contributed by atoms with E-state index in [2.05, 4.69) is 134 Å². The molecule has 22 rings (SSSR count). The lowest BCUT2D eigenvalue weighted by molar-refractivity contribution is -0.117. The van der Waals surface area contributed by atoms with Crippen molar-refractivity contribution in [3.63, 3.8) is 0 Å². The Morgan fingerprint density at radius 1 is 0.340 bits per heavy atom. The highest BCUT2D eigenvalue weighted by atomic mass is 19.1. The summed E-state index contributed by atoms with van der Waals surface area (Å²) in [6, 6.07) is 66.2. The molecule has 1 saturated carbocycles. The molecule has 36 nitrogen and oxygen atoms in total. The largest absolute Gasteiger partial charge is 0.439 e. The Morgan fingerprint density at radius 2 is 0.667 bits per heavy atom. The standard InChI is InChI=1S/C28H23FN6O3.C28H21FN6O3.C27H22FN7O3.C27H23FN6O2/c29-20-2-1-3-23(14-20)38-26-7-5-21(16-31-26)32-28(36)27-24-13-18(4-6-25(24)33-34-27)19-12-22(17-30-15-19)35-8-10-37-11-9-35;29-19-2-1-3-22(12-19)38-25-9-7-20(15-31-25)32-28(37)26-23-11-17(6-8-24(23)34-35-26)18-10-21(14-30-13-18)33-27(36)16-4-5-16;1-35(2)27(37)32-20-10-17(13-29-14-20)16-6-8-23-22(11-16)25(34-33-23)26(36)31-19-7-9-24(30-15-19)38-21-5-3-4-18(28)12-21;1-34(2)16-17-10-19(14-29-13-17)18-6-8-24-23(11-18)26(33-32-24)27(35)31-21-7-9-25(30-15-21)36-22-5-3-4-20(28)12-22/h1-7,12-17H,8-11H2,(H,32,36)(H,33,34);1-3,6-16H,4-5H2,(H,32,37)(H,33,36)(H,34,35);3-15H,1-2H3,(H,31,36)(H,32,37)(H,33,34);3-15H,16H2,1-2H3,(H,31,35)(H,32,33). The van der Waals surface area contributed by atoms with E-state index in [9.17, 15) is 46.3 Å². The summed E-state index contributed by atoms with van der Waals surface area (Å²) in [4.78, 5) is 116. The Bertz CT molecular complexity index is 8120. The van der Waals surface area contributed by atoms with Crippen molar-refractivity contribution < 1.29 is 70.0 Å². The second-order valence-corrected chi connectivity index (χ2v) is 34.8. The van der Waals surface area contributed by atoms with E-state index >= 15 is 0 Å². The summed E-state index contributed by atoms with van der Waals surface area (Å²) in [5.41, 5.74) is 15.9. The van der Waals surface area contributed by atoms with Gasteiger partial charge in [0.25, 0.3) is 23.6 Å². The Kier molecular flexibility index (Phi) is 29.9. The van der Waals surface area contributed by atoms with Crippen molar-refractivity contribution in [2.45, 2.75) is 19.4 Å². The van der Waals surface area contributed by atoms with E-state index in [1.165, 1.54) is 84.3 Å². The van der Waals surface area contributed by atoms with Gasteiger partial charge in [0.15, 0.2) is 22.8 Å². The van der Waals surface area contributed by atoms with Gasteiger partial charge in [-0.15, -0.1) is 0 Å². The lowest BCUT2D eigenvalue weighted by atomic mass is 10.0. The predicted molar refractivity (Wildman–Crippen MR) is 556 cm³/mol. The van der Waals surface area contributed by atoms with Gasteiger partial charge in [0.2, 0.25) is 29.4 Å². The van der Waals surface area contributed by atoms with Crippen molar-refractivity contribution in [1.82, 2.24) is 90.5 Å². The molecule has 150 heavy (non-hydrogen) atoms. The van der Waals surface area contributed by atoms with Gasteiger partial charge < -0.3 is 70.3 Å². The number of amides is 7. The highest BCUT2D eigenvalue weighted by molar-refractivity contribution is 6.15. The van der Waals surface area contributed by atoms with Crippen molar-refractivity contribution in [1.29, 1.82) is 0 Å². The summed E-state index contributed by atoms with van der Waals surface area (Å²) in [5.74, 6) is -0.776. The third-order valence-electron chi connectivity index (χ3n) is 23.2. The maximum atomic E-state index is 13.4. The number of carbonyl (C=O) groups is 6. The molecule has 13 heterocycles. The maximum absolute atomic E-state index is 13.4. The molecule has 8 aromatic carbocycles. The normalized spacial score (nSPS) is 12.0. The van der Waals surface area contributed by atoms with Gasteiger partial charge in [0.05, 0.1) is 118 Å². The number of hydrogen-bond donors (Lipinski definition) is 10. The van der Waals surface area contributed by atoms with Crippen LogP contribution < -0.4 is 55.7 Å². The van der Waals surface area contributed by atoms with Crippen LogP contribution in [0.15, 0.2) is 317 Å². The molecular weight excluding hydrogens is 1920 g/mol. The number of morpholine rings is 1. The number of halogens is 4. The lowest BCUT2D eigenvalue weighted by Crippen LogP contribution is -2.36. The van der Waals surface area contributed by atoms with Crippen LogP contribution in [-0.4, -0.2) is 181 Å². The average Bonchev–Trinajstić information content (AvgIpc) is 1.65. The minimum atomic E-state index is -0.431. The molecule has 40 heteroatoms. The zero-order chi connectivity index (χ0) is 104. The van der Waals surface area contributed by atoms with E-state index < -0.39 is 35.1 Å². The molecule has 0 unspecified atom stereocenters. The van der Waals surface area contributed by atoms with Gasteiger partial charge >= 0.3 is 6.03 Å². The van der Waals surface area contributed by atoms with E-state index in [0.717, 1.165) is 99.3 Å². The van der Waals surface area contributed by atoms with E-state index in [0.29, 0.717) is 103 Å². The molecule has 0 bridgehead atoms. The maximum Gasteiger partial charge on any atom is 0.321 e. The van der Waals surface area contributed by atoms with E-state index in [1.54, 1.807) is 142 Å². The van der Waals surface area contributed by atoms with Gasteiger partial charge in [-0.2, -0.15) is 20.4 Å². The van der Waals surface area contributed by atoms with Crippen LogP contribution in [0.1, 0.15) is 60.4 Å². The zero-order valence-electron chi connectivity index (χ0n) is 80.3. The number of aromatic amines is 4. The fraction of sp³-hybridized carbons (Fsp3) is 0.109. The molecule has 1 aliphatic carbocycles. The third kappa shape index (κ3) is 25.1. The Labute approximate surface area is 851 Å². The van der Waals surface area contributed by atoms with Gasteiger partial charge in [-0.05, 0) is 200 Å². The van der Waals surface area contributed by atoms with Crippen LogP contribution in [0.25, 0.3) is 88.1 Å². The summed E-state index contributed by atoms with van der Waals surface area (Å²) < 4.78 is 81.1. The molecule has 12 aromatic heterocycles. The number of rotatable bonds is 26. The van der Waals surface area contributed by atoms with Crippen LogP contribution in [0.3, 0.4) is 0 Å². The second-order valence-electron chi connectivity index (χ2n) is 34.8. The quantitative estimate of drug-likeness (QED) is 0.0225. The SMILES string of the molecule is CN(C)C(=O)Nc1cncc(-c2ccc3[nH]nc(C(=O)Nc4ccc(Oc5cccc(F)c5)nc4)c3c2)c1.CN(C)Cc1cncc(-c2ccc3[nH]nc(C(=O)Nc4ccc(Oc5cccc(F)c5)nc4)c3c2)c1.O=C(Nc1ccc(Oc2cccc(F)c2)nc1)c1n[nH]c2ccc(-c3cncc(N4CCOCC4)c3)cc12.O=C(Nc1ccc(Oc2cccc(F)c2)nc1)c1n[nH]c2ccc(-c3cncc(NC(=O)C4CC4)c3)cc12. The summed E-state index contributed by atoms with van der Waals surface area (Å²) in [5, 5.41) is 47.9. The first-order valence-corrected chi connectivity index (χ1v) is 46.8. The van der Waals surface area contributed by atoms with Crippen LogP contribution in [0.2, 0.25) is 0 Å². The Balaban J connectivity index is 0.000000125. The first kappa shape index (κ1) is 98.9. The smallest absolute Gasteiger partial charge is 0.321 e. The number of pyridine rings is 8. The highest BCUT2D eigenvalue weighted by Crippen LogP contribution is 2.37. The summed E-state index contributed by atoms with van der Waals surface area (Å²) >= 11 is 0. The zero-order valence-corrected chi connectivity index (χ0v) is 80.3. The molecule has 20 aromatic rings. The van der Waals surface area contributed by atoms with Crippen molar-refractivity contribution >= 4 is 119 Å². The number of hydrogen-bond acceptors (Lipinski definition) is 25. The summed E-state index contributed by atoms with van der Waals surface area (Å²) in [7, 11) is 7.32. The van der Waals surface area contributed by atoms with Crippen LogP contribution in [0.4, 0.5) is 62.2 Å². The van der Waals surface area contributed by atoms with Crippen molar-refractivity contribution in [2.24, 2.45) is 5.92 Å². The lowest BCUT2D eigenvalue weighted by Gasteiger charge is -2.28. The molecule has 1 saturated heterocycles. The van der Waals surface area contributed by atoms with E-state index in [-0.39, 0.29) is 76.0 Å². The second kappa shape index (κ2) is 45.4. The Hall–Kier alpha value is -19.9. The topological polar surface area (TPSA) is 448 Å². The molecule has 2 aliphatic rings. The monoisotopic (exact) mass is 2010 g/mol. The van der Waals surface area contributed by atoms with Crippen LogP contribution in [0.5, 0.6) is 46.5 Å². The number of H-pyrrole nitrogens is 4. The van der Waals surface area contributed by atoms with Crippen LogP contribution in [0, 0.1) is 29.2 Å². The van der Waals surface area contributed by atoms with E-state index in [4.69, 9.17) is 23.7 Å². The predicted octanol–water partition coefficient (Wildman–Crippen LogP) is 21.2. The number of ether oxygens (including phenoxy) is 5. The molecular formula is C110H89F4N25O11. The number of nitrogens with one attached hydrogen (secondary N) is 10. The first-order chi connectivity index (χ1) is 72.9. The number of urea groups is 1. The minimum absolute atomic E-state index is 0.0104. The van der Waals surface area contributed by atoms with Crippen molar-refractivity contribution in [3.8, 4) is 91.0 Å². The van der Waals surface area contributed by atoms with Gasteiger partial charge in [0, 0.05) is 163 Å². The number of nitrogens with zero attached hydrogens (tertiary/aromatic N) is 15. The molecule has 0 radical (unpaired) electrons. The number of benzene rings is 8. The molecule has 1 aliphatic heterocycles. The van der Waals surface area contributed by atoms with Crippen LogP contribution >= 0.6 is 0 Å².